The lowest BCUT2D eigenvalue weighted by Crippen LogP contribution is -2.19. The van der Waals surface area contributed by atoms with Gasteiger partial charge in [0.05, 0.1) is 10.5 Å². The van der Waals surface area contributed by atoms with Crippen LogP contribution in [0.5, 0.6) is 0 Å². The van der Waals surface area contributed by atoms with Crippen molar-refractivity contribution in [2.45, 2.75) is 13.0 Å². The van der Waals surface area contributed by atoms with Gasteiger partial charge < -0.3 is 9.47 Å². The number of para-hydroxylation sites is 1. The van der Waals surface area contributed by atoms with Gasteiger partial charge >= 0.3 is 0 Å². The second kappa shape index (κ2) is 5.91. The number of imidazole rings is 1. The molecule has 18 heavy (non-hydrogen) atoms. The molecule has 0 atom stereocenters. The third-order valence-corrected chi connectivity index (χ3v) is 3.39. The molecule has 1 aromatic carbocycles. The van der Waals surface area contributed by atoms with E-state index in [1.807, 2.05) is 12.1 Å². The monoisotopic (exact) mass is 285 g/mol. The van der Waals surface area contributed by atoms with Gasteiger partial charge in [0.1, 0.15) is 11.3 Å². The normalized spacial score (nSPS) is 11.6. The molecule has 2 aromatic rings. The van der Waals surface area contributed by atoms with Crippen LogP contribution in [0.25, 0.3) is 11.0 Å². The molecule has 1 aromatic heterocycles. The number of halogens is 2. The fourth-order valence-electron chi connectivity index (χ4n) is 1.99. The number of aromatic nitrogens is 2. The summed E-state index contributed by atoms with van der Waals surface area (Å²) in [4.78, 5) is 6.76. The first kappa shape index (κ1) is 13.7. The molecule has 0 radical (unpaired) electrons. The van der Waals surface area contributed by atoms with Crippen LogP contribution < -0.4 is 0 Å². The predicted octanol–water partition coefficient (Wildman–Crippen LogP) is 3.03. The summed E-state index contributed by atoms with van der Waals surface area (Å²) in [5.41, 5.74) is 1.96. The number of nitrogens with zero attached hydrogens (tertiary/aromatic N) is 3. The van der Waals surface area contributed by atoms with Crippen molar-refractivity contribution in [3.05, 3.63) is 29.0 Å². The minimum absolute atomic E-state index is 0.572. The van der Waals surface area contributed by atoms with E-state index in [0.717, 1.165) is 36.4 Å². The average molecular weight is 286 g/mol. The highest BCUT2D eigenvalue weighted by atomic mass is 35.5. The highest BCUT2D eigenvalue weighted by Crippen LogP contribution is 2.24. The SMILES string of the molecule is CN(C)CCn1c(CCCl)nc2c(Cl)cccc21. The Morgan fingerprint density at radius 3 is 2.78 bits per heavy atom. The molecule has 0 spiro atoms. The highest BCUT2D eigenvalue weighted by Gasteiger charge is 2.12. The summed E-state index contributed by atoms with van der Waals surface area (Å²) in [7, 11) is 4.13. The number of rotatable bonds is 5. The molecule has 98 valence electrons. The van der Waals surface area contributed by atoms with Gasteiger partial charge in [0.15, 0.2) is 0 Å². The van der Waals surface area contributed by atoms with E-state index < -0.39 is 0 Å². The van der Waals surface area contributed by atoms with Gasteiger partial charge in [0.2, 0.25) is 0 Å². The zero-order chi connectivity index (χ0) is 13.1. The molecule has 0 N–H and O–H groups in total. The Balaban J connectivity index is 2.45. The third kappa shape index (κ3) is 2.79. The van der Waals surface area contributed by atoms with Crippen LogP contribution in [0.2, 0.25) is 5.02 Å². The fourth-order valence-corrected chi connectivity index (χ4v) is 2.37. The lowest BCUT2D eigenvalue weighted by atomic mass is 10.3. The summed E-state index contributed by atoms with van der Waals surface area (Å²) >= 11 is 12.0. The number of aryl methyl sites for hydroxylation is 1. The fraction of sp³-hybridized carbons (Fsp3) is 0.462. The number of hydrogen-bond donors (Lipinski definition) is 0. The maximum Gasteiger partial charge on any atom is 0.111 e. The summed E-state index contributed by atoms with van der Waals surface area (Å²) in [6.07, 6.45) is 0.764. The van der Waals surface area contributed by atoms with E-state index in [0.29, 0.717) is 10.9 Å². The van der Waals surface area contributed by atoms with Crippen LogP contribution in [0.1, 0.15) is 5.82 Å². The summed E-state index contributed by atoms with van der Waals surface area (Å²) < 4.78 is 2.21. The average Bonchev–Trinajstić information content (AvgIpc) is 2.66. The van der Waals surface area contributed by atoms with Crippen molar-refractivity contribution in [3.8, 4) is 0 Å². The molecule has 2 rings (SSSR count). The molecule has 0 aliphatic heterocycles. The molecule has 0 bridgehead atoms. The van der Waals surface area contributed by atoms with Gasteiger partial charge in [-0.1, -0.05) is 17.7 Å². The predicted molar refractivity (Wildman–Crippen MR) is 77.7 cm³/mol. The zero-order valence-electron chi connectivity index (χ0n) is 10.7. The van der Waals surface area contributed by atoms with Crippen molar-refractivity contribution < 1.29 is 0 Å². The van der Waals surface area contributed by atoms with E-state index in [9.17, 15) is 0 Å². The Hall–Kier alpha value is -0.770. The first-order chi connectivity index (χ1) is 8.63. The minimum atomic E-state index is 0.572. The molecule has 0 saturated heterocycles. The van der Waals surface area contributed by atoms with Crippen LogP contribution >= 0.6 is 23.2 Å². The van der Waals surface area contributed by atoms with Gasteiger partial charge in [-0.2, -0.15) is 0 Å². The summed E-state index contributed by atoms with van der Waals surface area (Å²) in [5.74, 6) is 1.58. The molecule has 3 nitrogen and oxygen atoms in total. The molecule has 0 saturated carbocycles. The second-order valence-electron chi connectivity index (χ2n) is 4.53. The largest absolute Gasteiger partial charge is 0.327 e. The molecule has 0 aliphatic rings. The zero-order valence-corrected chi connectivity index (χ0v) is 12.2. The molecule has 1 heterocycles. The Labute approximate surface area is 117 Å². The van der Waals surface area contributed by atoms with Crippen LogP contribution in [-0.2, 0) is 13.0 Å². The molecule has 0 fully saturated rings. The Kier molecular flexibility index (Phi) is 4.49. The third-order valence-electron chi connectivity index (χ3n) is 2.90. The molecule has 0 aliphatic carbocycles. The lowest BCUT2D eigenvalue weighted by Gasteiger charge is -2.13. The number of alkyl halides is 1. The number of hydrogen-bond acceptors (Lipinski definition) is 2. The van der Waals surface area contributed by atoms with Crippen molar-refractivity contribution in [1.82, 2.24) is 14.5 Å². The van der Waals surface area contributed by atoms with Crippen molar-refractivity contribution in [1.29, 1.82) is 0 Å². The minimum Gasteiger partial charge on any atom is -0.327 e. The number of likely N-dealkylation sites (N-methyl/N-ethyl adjacent to an activating group) is 1. The van der Waals surface area contributed by atoms with Crippen LogP contribution in [0.3, 0.4) is 0 Å². The van der Waals surface area contributed by atoms with Crippen molar-refractivity contribution in [2.75, 3.05) is 26.5 Å². The maximum absolute atomic E-state index is 6.19. The quantitative estimate of drug-likeness (QED) is 0.788. The van der Waals surface area contributed by atoms with Gasteiger partial charge in [-0.3, -0.25) is 0 Å². The van der Waals surface area contributed by atoms with E-state index in [-0.39, 0.29) is 0 Å². The van der Waals surface area contributed by atoms with Gasteiger partial charge in [-0.05, 0) is 26.2 Å². The van der Waals surface area contributed by atoms with Crippen molar-refractivity contribution in [3.63, 3.8) is 0 Å². The molecule has 5 heteroatoms. The summed E-state index contributed by atoms with van der Waals surface area (Å²) in [5, 5.41) is 0.701. The van der Waals surface area contributed by atoms with Gasteiger partial charge in [-0.15, -0.1) is 11.6 Å². The van der Waals surface area contributed by atoms with Gasteiger partial charge in [0.25, 0.3) is 0 Å². The van der Waals surface area contributed by atoms with E-state index in [4.69, 9.17) is 23.2 Å². The Morgan fingerprint density at radius 1 is 1.33 bits per heavy atom. The smallest absolute Gasteiger partial charge is 0.111 e. The number of fused-ring (bicyclic) bond motifs is 1. The van der Waals surface area contributed by atoms with Crippen LogP contribution in [0.15, 0.2) is 18.2 Å². The Morgan fingerprint density at radius 2 is 2.11 bits per heavy atom. The highest BCUT2D eigenvalue weighted by molar-refractivity contribution is 6.34. The molecular formula is C13H17Cl2N3. The summed E-state index contributed by atoms with van der Waals surface area (Å²) in [6, 6.07) is 5.89. The van der Waals surface area contributed by atoms with Crippen molar-refractivity contribution in [2.24, 2.45) is 0 Å². The van der Waals surface area contributed by atoms with Crippen LogP contribution in [-0.4, -0.2) is 41.0 Å². The first-order valence-corrected chi connectivity index (χ1v) is 6.89. The topological polar surface area (TPSA) is 21.1 Å². The van der Waals surface area contributed by atoms with Gasteiger partial charge in [-0.25, -0.2) is 4.98 Å². The molecule has 0 amide bonds. The molecule has 0 unspecified atom stereocenters. The van der Waals surface area contributed by atoms with Gasteiger partial charge in [0, 0.05) is 25.4 Å². The van der Waals surface area contributed by atoms with E-state index in [1.165, 1.54) is 0 Å². The van der Waals surface area contributed by atoms with E-state index in [2.05, 4.69) is 34.6 Å². The van der Waals surface area contributed by atoms with E-state index in [1.54, 1.807) is 0 Å². The summed E-state index contributed by atoms with van der Waals surface area (Å²) in [6.45, 7) is 1.86. The van der Waals surface area contributed by atoms with Crippen LogP contribution in [0.4, 0.5) is 0 Å². The number of benzene rings is 1. The van der Waals surface area contributed by atoms with Crippen molar-refractivity contribution >= 4 is 34.2 Å². The molecular weight excluding hydrogens is 269 g/mol. The first-order valence-electron chi connectivity index (χ1n) is 5.98. The van der Waals surface area contributed by atoms with E-state index >= 15 is 0 Å². The maximum atomic E-state index is 6.19. The lowest BCUT2D eigenvalue weighted by molar-refractivity contribution is 0.383. The standard InChI is InChI=1S/C13H17Cl2N3/c1-17(2)8-9-18-11-5-3-4-10(15)13(11)16-12(18)6-7-14/h3-5H,6-9H2,1-2H3. The van der Waals surface area contributed by atoms with Crippen LogP contribution in [0, 0.1) is 0 Å². The Bertz CT molecular complexity index is 534. The second-order valence-corrected chi connectivity index (χ2v) is 5.31.